The molecule has 2 N–H and O–H groups in total. The molecular formula is C15H24FNO2. The fourth-order valence-corrected chi connectivity index (χ4v) is 2.14. The molecule has 0 atom stereocenters. The number of methoxy groups -OCH3 is 2. The molecule has 3 nitrogen and oxygen atoms in total. The van der Waals surface area contributed by atoms with Crippen molar-refractivity contribution < 1.29 is 13.9 Å². The summed E-state index contributed by atoms with van der Waals surface area (Å²) in [5.74, 6) is 1.20. The van der Waals surface area contributed by atoms with Gasteiger partial charge in [0.05, 0.1) is 14.2 Å². The number of hydrogen-bond acceptors (Lipinski definition) is 3. The Bertz CT molecular complexity index is 413. The van der Waals surface area contributed by atoms with Gasteiger partial charge in [0.25, 0.3) is 0 Å². The van der Waals surface area contributed by atoms with E-state index < -0.39 is 5.67 Å². The van der Waals surface area contributed by atoms with Gasteiger partial charge in [0.15, 0.2) is 11.5 Å². The van der Waals surface area contributed by atoms with Gasteiger partial charge in [-0.15, -0.1) is 0 Å². The van der Waals surface area contributed by atoms with E-state index in [2.05, 4.69) is 0 Å². The molecule has 1 rings (SSSR count). The first-order chi connectivity index (χ1) is 8.93. The fourth-order valence-electron chi connectivity index (χ4n) is 2.14. The van der Waals surface area contributed by atoms with Crippen molar-refractivity contribution in [2.45, 2.75) is 38.8 Å². The molecule has 0 unspecified atom stereocenters. The van der Waals surface area contributed by atoms with E-state index in [4.69, 9.17) is 15.2 Å². The highest BCUT2D eigenvalue weighted by molar-refractivity contribution is 5.49. The van der Waals surface area contributed by atoms with Crippen molar-refractivity contribution in [1.29, 1.82) is 0 Å². The second-order valence-electron chi connectivity index (χ2n) is 5.08. The third kappa shape index (κ3) is 4.10. The van der Waals surface area contributed by atoms with E-state index in [-0.39, 0.29) is 0 Å². The van der Waals surface area contributed by atoms with Gasteiger partial charge in [-0.25, -0.2) is 4.39 Å². The van der Waals surface area contributed by atoms with E-state index in [0.29, 0.717) is 23.6 Å². The van der Waals surface area contributed by atoms with Gasteiger partial charge in [-0.3, -0.25) is 0 Å². The quantitative estimate of drug-likeness (QED) is 0.773. The molecule has 0 aromatic heterocycles. The summed E-state index contributed by atoms with van der Waals surface area (Å²) in [7, 11) is 3.14. The van der Waals surface area contributed by atoms with Gasteiger partial charge in [0, 0.05) is 0 Å². The van der Waals surface area contributed by atoms with Gasteiger partial charge < -0.3 is 15.2 Å². The van der Waals surface area contributed by atoms with Gasteiger partial charge >= 0.3 is 0 Å². The van der Waals surface area contributed by atoms with E-state index >= 15 is 0 Å². The highest BCUT2D eigenvalue weighted by Crippen LogP contribution is 2.37. The summed E-state index contributed by atoms with van der Waals surface area (Å²) in [6.07, 6.45) is 2.66. The lowest BCUT2D eigenvalue weighted by Gasteiger charge is -2.21. The van der Waals surface area contributed by atoms with E-state index in [1.54, 1.807) is 34.1 Å². The van der Waals surface area contributed by atoms with Crippen molar-refractivity contribution in [2.24, 2.45) is 5.73 Å². The van der Waals surface area contributed by atoms with E-state index in [1.807, 2.05) is 6.07 Å². The molecule has 0 amide bonds. The number of hydrogen-bond donors (Lipinski definition) is 1. The molecule has 1 aromatic carbocycles. The zero-order chi connectivity index (χ0) is 14.5. The molecule has 0 heterocycles. The Morgan fingerprint density at radius 1 is 1.11 bits per heavy atom. The minimum atomic E-state index is -1.41. The van der Waals surface area contributed by atoms with Crippen molar-refractivity contribution in [2.75, 3.05) is 20.8 Å². The summed E-state index contributed by atoms with van der Waals surface area (Å²) >= 11 is 0. The third-order valence-electron chi connectivity index (χ3n) is 3.15. The maximum absolute atomic E-state index is 14.3. The van der Waals surface area contributed by atoms with Crippen LogP contribution in [-0.4, -0.2) is 20.8 Å². The smallest absolute Gasteiger partial charge is 0.161 e. The van der Waals surface area contributed by atoms with Crippen LogP contribution in [0.15, 0.2) is 12.1 Å². The van der Waals surface area contributed by atoms with Crippen LogP contribution in [0.25, 0.3) is 0 Å². The highest BCUT2D eigenvalue weighted by atomic mass is 19.1. The Morgan fingerprint density at radius 3 is 2.16 bits per heavy atom. The van der Waals surface area contributed by atoms with Crippen LogP contribution in [0.2, 0.25) is 0 Å². The summed E-state index contributed by atoms with van der Waals surface area (Å²) in [6, 6.07) is 3.60. The Hall–Kier alpha value is -1.29. The molecule has 0 spiro atoms. The lowest BCUT2D eigenvalue weighted by atomic mass is 9.91. The third-order valence-corrected chi connectivity index (χ3v) is 3.15. The largest absolute Gasteiger partial charge is 0.493 e. The van der Waals surface area contributed by atoms with E-state index in [0.717, 1.165) is 24.8 Å². The van der Waals surface area contributed by atoms with Crippen LogP contribution in [0.5, 0.6) is 11.5 Å². The number of halogens is 1. The van der Waals surface area contributed by atoms with Crippen molar-refractivity contribution >= 4 is 0 Å². The molecule has 108 valence electrons. The zero-order valence-corrected chi connectivity index (χ0v) is 12.3. The maximum Gasteiger partial charge on any atom is 0.161 e. The number of alkyl halides is 1. The Kier molecular flexibility index (Phi) is 5.60. The predicted molar refractivity (Wildman–Crippen MR) is 75.7 cm³/mol. The molecule has 0 saturated heterocycles. The molecule has 1 aromatic rings. The van der Waals surface area contributed by atoms with E-state index in [1.165, 1.54) is 0 Å². The first-order valence-electron chi connectivity index (χ1n) is 6.58. The summed E-state index contributed by atoms with van der Waals surface area (Å²) in [5.41, 5.74) is 5.71. The van der Waals surface area contributed by atoms with Crippen molar-refractivity contribution in [1.82, 2.24) is 0 Å². The second-order valence-corrected chi connectivity index (χ2v) is 5.08. The molecule has 0 fully saturated rings. The normalized spacial score (nSPS) is 11.5. The topological polar surface area (TPSA) is 44.5 Å². The Balaban J connectivity index is 3.16. The number of ether oxygens (including phenoxy) is 2. The van der Waals surface area contributed by atoms with Gasteiger partial charge in [-0.05, 0) is 62.9 Å². The lowest BCUT2D eigenvalue weighted by Crippen LogP contribution is -2.13. The molecule has 0 radical (unpaired) electrons. The minimum absolute atomic E-state index is 0.561. The summed E-state index contributed by atoms with van der Waals surface area (Å²) < 4.78 is 24.8. The summed E-state index contributed by atoms with van der Waals surface area (Å²) in [4.78, 5) is 0. The van der Waals surface area contributed by atoms with E-state index in [9.17, 15) is 4.39 Å². The molecule has 0 aliphatic heterocycles. The molecule has 0 saturated carbocycles. The monoisotopic (exact) mass is 269 g/mol. The van der Waals surface area contributed by atoms with Crippen LogP contribution in [-0.2, 0) is 12.1 Å². The van der Waals surface area contributed by atoms with Crippen LogP contribution in [0.1, 0.15) is 37.8 Å². The molecule has 0 aliphatic carbocycles. The van der Waals surface area contributed by atoms with Gasteiger partial charge in [0.2, 0.25) is 0 Å². The Labute approximate surface area is 114 Å². The standard InChI is InChI=1S/C15H24FNO2/c1-15(2,16)12-10-14(19-4)13(18-3)9-11(12)7-5-6-8-17/h9-10H,5-8,17H2,1-4H3. The molecule has 0 bridgehead atoms. The molecule has 4 heteroatoms. The lowest BCUT2D eigenvalue weighted by molar-refractivity contribution is 0.218. The van der Waals surface area contributed by atoms with Gasteiger partial charge in [-0.1, -0.05) is 0 Å². The highest BCUT2D eigenvalue weighted by Gasteiger charge is 2.24. The number of nitrogens with two attached hydrogens (primary N) is 1. The minimum Gasteiger partial charge on any atom is -0.493 e. The van der Waals surface area contributed by atoms with Crippen LogP contribution in [0.4, 0.5) is 4.39 Å². The van der Waals surface area contributed by atoms with Crippen molar-refractivity contribution in [3.63, 3.8) is 0 Å². The van der Waals surface area contributed by atoms with Crippen LogP contribution in [0.3, 0.4) is 0 Å². The molecule has 19 heavy (non-hydrogen) atoms. The zero-order valence-electron chi connectivity index (χ0n) is 12.3. The number of unbranched alkanes of at least 4 members (excludes halogenated alkanes) is 1. The molecule has 0 aliphatic rings. The summed E-state index contributed by atoms with van der Waals surface area (Å²) in [6.45, 7) is 3.77. The Morgan fingerprint density at radius 2 is 1.68 bits per heavy atom. The van der Waals surface area contributed by atoms with Crippen LogP contribution < -0.4 is 15.2 Å². The maximum atomic E-state index is 14.3. The first kappa shape index (κ1) is 15.8. The van der Waals surface area contributed by atoms with Gasteiger partial charge in [0.1, 0.15) is 5.67 Å². The van der Waals surface area contributed by atoms with Crippen LogP contribution in [0, 0.1) is 0 Å². The van der Waals surface area contributed by atoms with Gasteiger partial charge in [-0.2, -0.15) is 0 Å². The number of benzene rings is 1. The summed E-state index contributed by atoms with van der Waals surface area (Å²) in [5, 5.41) is 0. The number of rotatable bonds is 7. The first-order valence-corrected chi connectivity index (χ1v) is 6.58. The van der Waals surface area contributed by atoms with Crippen LogP contribution >= 0.6 is 0 Å². The molecular weight excluding hydrogens is 245 g/mol. The average molecular weight is 269 g/mol. The SMILES string of the molecule is COc1cc(CCCCN)c(C(C)(C)F)cc1OC. The average Bonchev–Trinajstić information content (AvgIpc) is 2.37. The van der Waals surface area contributed by atoms with Crippen molar-refractivity contribution in [3.8, 4) is 11.5 Å². The number of aryl methyl sites for hydroxylation is 1. The van der Waals surface area contributed by atoms with Crippen molar-refractivity contribution in [3.05, 3.63) is 23.3 Å². The fraction of sp³-hybridized carbons (Fsp3) is 0.600. The predicted octanol–water partition coefficient (Wildman–Crippen LogP) is 3.19. The second kappa shape index (κ2) is 6.75.